The van der Waals surface area contributed by atoms with E-state index < -0.39 is 12.6 Å². The van der Waals surface area contributed by atoms with E-state index in [9.17, 15) is 13.6 Å². The molecular formula is C16H17F2N2O5+. The standard InChI is InChI=1S/C16H16F2N2O5/c17-16(18)25-13-2-1-10(7-14(13)24-11-4-6-23-9-11)12-3-5-20(19-12)8-15(21)22/h1-3,5,7,11,16H,4,6,8-9H2,(H,21,22)/p+1/t11-/m1/s1. The maximum Gasteiger partial charge on any atom is 0.387 e. The summed E-state index contributed by atoms with van der Waals surface area (Å²) in [5.74, 6) is -0.854. The molecule has 2 heterocycles. The second-order valence-corrected chi connectivity index (χ2v) is 5.51. The second-order valence-electron chi connectivity index (χ2n) is 5.51. The fourth-order valence-corrected chi connectivity index (χ4v) is 2.54. The molecule has 134 valence electrons. The van der Waals surface area contributed by atoms with E-state index in [2.05, 4.69) is 9.84 Å². The third kappa shape index (κ3) is 4.44. The van der Waals surface area contributed by atoms with Gasteiger partial charge in [-0.2, -0.15) is 13.9 Å². The number of nitrogens with one attached hydrogen (secondary N) is 1. The maximum atomic E-state index is 12.6. The van der Waals surface area contributed by atoms with Gasteiger partial charge in [0.15, 0.2) is 17.7 Å². The van der Waals surface area contributed by atoms with Crippen molar-refractivity contribution >= 4 is 5.97 Å². The second kappa shape index (κ2) is 7.47. The number of nitrogens with zero attached hydrogens (tertiary/aromatic N) is 1. The molecule has 0 amide bonds. The zero-order chi connectivity index (χ0) is 17.8. The molecule has 0 aliphatic carbocycles. The van der Waals surface area contributed by atoms with Crippen LogP contribution in [0, 0.1) is 0 Å². The van der Waals surface area contributed by atoms with E-state index in [4.69, 9.17) is 14.6 Å². The molecule has 2 aromatic rings. The minimum absolute atomic E-state index is 0.0596. The number of aromatic nitrogens is 2. The number of ether oxygens (including phenoxy) is 3. The lowest BCUT2D eigenvalue weighted by Crippen LogP contribution is -2.38. The molecule has 1 fully saturated rings. The van der Waals surface area contributed by atoms with Gasteiger partial charge in [0.1, 0.15) is 11.8 Å². The summed E-state index contributed by atoms with van der Waals surface area (Å²) in [7, 11) is 0. The van der Waals surface area contributed by atoms with Crippen LogP contribution in [0.15, 0.2) is 30.5 Å². The van der Waals surface area contributed by atoms with Gasteiger partial charge in [-0.05, 0) is 18.2 Å². The zero-order valence-electron chi connectivity index (χ0n) is 13.2. The Hall–Kier alpha value is -2.68. The number of H-pyrrole nitrogens is 1. The predicted octanol–water partition coefficient (Wildman–Crippen LogP) is 1.82. The van der Waals surface area contributed by atoms with Crippen molar-refractivity contribution in [2.24, 2.45) is 0 Å². The summed E-state index contributed by atoms with van der Waals surface area (Å²) in [5.41, 5.74) is 1.28. The van der Waals surface area contributed by atoms with Gasteiger partial charge in [0.25, 0.3) is 6.54 Å². The minimum atomic E-state index is -2.96. The summed E-state index contributed by atoms with van der Waals surface area (Å²) >= 11 is 0. The van der Waals surface area contributed by atoms with Crippen molar-refractivity contribution < 1.29 is 37.6 Å². The number of aliphatic carboxylic acids is 1. The highest BCUT2D eigenvalue weighted by Gasteiger charge is 2.21. The van der Waals surface area contributed by atoms with E-state index in [1.165, 1.54) is 10.7 Å². The maximum absolute atomic E-state index is 12.6. The topological polar surface area (TPSA) is 84.7 Å². The number of aromatic amines is 1. The minimum Gasteiger partial charge on any atom is -0.484 e. The van der Waals surface area contributed by atoms with E-state index in [1.54, 1.807) is 24.4 Å². The van der Waals surface area contributed by atoms with Crippen LogP contribution in [-0.4, -0.2) is 42.1 Å². The number of hydrogen-bond donors (Lipinski definition) is 2. The highest BCUT2D eigenvalue weighted by Crippen LogP contribution is 2.34. The van der Waals surface area contributed by atoms with Crippen molar-refractivity contribution in [2.75, 3.05) is 13.2 Å². The quantitative estimate of drug-likeness (QED) is 0.740. The number of alkyl halides is 2. The summed E-state index contributed by atoms with van der Waals surface area (Å²) in [6.07, 6.45) is 2.02. The smallest absolute Gasteiger partial charge is 0.387 e. The molecule has 7 nitrogen and oxygen atoms in total. The van der Waals surface area contributed by atoms with Crippen LogP contribution in [0.4, 0.5) is 8.78 Å². The van der Waals surface area contributed by atoms with Crippen LogP contribution in [0.1, 0.15) is 6.42 Å². The van der Waals surface area contributed by atoms with Crippen molar-refractivity contribution in [1.29, 1.82) is 0 Å². The summed E-state index contributed by atoms with van der Waals surface area (Å²) in [6.45, 7) is -2.23. The number of rotatable bonds is 7. The lowest BCUT2D eigenvalue weighted by atomic mass is 10.1. The van der Waals surface area contributed by atoms with Crippen molar-refractivity contribution in [3.8, 4) is 22.8 Å². The third-order valence-corrected chi connectivity index (χ3v) is 3.64. The first-order valence-electron chi connectivity index (χ1n) is 7.65. The molecule has 3 rings (SSSR count). The number of carboxylic acid groups (broad SMARTS) is 1. The zero-order valence-corrected chi connectivity index (χ0v) is 13.2. The average Bonchev–Trinajstić information content (AvgIpc) is 3.20. The van der Waals surface area contributed by atoms with Crippen LogP contribution in [-0.2, 0) is 16.1 Å². The number of halogens is 2. The lowest BCUT2D eigenvalue weighted by molar-refractivity contribution is -0.739. The Kier molecular flexibility index (Phi) is 5.13. The highest BCUT2D eigenvalue weighted by atomic mass is 19.3. The summed E-state index contributed by atoms with van der Waals surface area (Å²) in [5, 5.41) is 11.7. The Morgan fingerprint density at radius 3 is 2.92 bits per heavy atom. The van der Waals surface area contributed by atoms with Crippen molar-refractivity contribution in [3.05, 3.63) is 30.5 Å². The van der Waals surface area contributed by atoms with Crippen LogP contribution in [0.2, 0.25) is 0 Å². The fraction of sp³-hybridized carbons (Fsp3) is 0.375. The molecule has 1 saturated heterocycles. The van der Waals surface area contributed by atoms with Crippen LogP contribution in [0.3, 0.4) is 0 Å². The monoisotopic (exact) mass is 355 g/mol. The molecule has 1 atom stereocenters. The SMILES string of the molecule is O=C(O)C[n+]1ccc(-c2ccc(OC(F)F)c(O[C@@H]3CCOC3)c2)[nH]1. The molecule has 0 unspecified atom stereocenters. The molecule has 0 bridgehead atoms. The molecule has 1 aliphatic heterocycles. The van der Waals surface area contributed by atoms with Gasteiger partial charge in [0.2, 0.25) is 0 Å². The predicted molar refractivity (Wildman–Crippen MR) is 80.5 cm³/mol. The number of carboxylic acids is 1. The fourth-order valence-electron chi connectivity index (χ4n) is 2.54. The van der Waals surface area contributed by atoms with E-state index in [1.807, 2.05) is 0 Å². The third-order valence-electron chi connectivity index (χ3n) is 3.64. The van der Waals surface area contributed by atoms with Crippen molar-refractivity contribution in [3.63, 3.8) is 0 Å². The molecule has 2 N–H and O–H groups in total. The molecule has 25 heavy (non-hydrogen) atoms. The molecule has 9 heteroatoms. The molecular weight excluding hydrogens is 338 g/mol. The molecule has 0 saturated carbocycles. The molecule has 1 aromatic carbocycles. The summed E-state index contributed by atoms with van der Waals surface area (Å²) in [6, 6.07) is 6.25. The van der Waals surface area contributed by atoms with Crippen LogP contribution < -0.4 is 14.2 Å². The first-order chi connectivity index (χ1) is 12.0. The van der Waals surface area contributed by atoms with Crippen molar-refractivity contribution in [2.45, 2.75) is 25.7 Å². The van der Waals surface area contributed by atoms with E-state index in [-0.39, 0.29) is 24.1 Å². The Morgan fingerprint density at radius 1 is 1.40 bits per heavy atom. The van der Waals surface area contributed by atoms with Gasteiger partial charge in [-0.25, -0.2) is 4.79 Å². The van der Waals surface area contributed by atoms with Crippen LogP contribution >= 0.6 is 0 Å². The summed E-state index contributed by atoms with van der Waals surface area (Å²) < 4.78 is 42.1. The van der Waals surface area contributed by atoms with E-state index in [0.717, 1.165) is 0 Å². The molecule has 0 spiro atoms. The highest BCUT2D eigenvalue weighted by molar-refractivity contribution is 5.65. The Bertz CT molecular complexity index is 744. The van der Waals surface area contributed by atoms with E-state index >= 15 is 0 Å². The average molecular weight is 355 g/mol. The molecule has 1 aliphatic rings. The lowest BCUT2D eigenvalue weighted by Gasteiger charge is -2.16. The largest absolute Gasteiger partial charge is 0.484 e. The van der Waals surface area contributed by atoms with Gasteiger partial charge in [0, 0.05) is 18.1 Å². The van der Waals surface area contributed by atoms with Gasteiger partial charge < -0.3 is 19.3 Å². The van der Waals surface area contributed by atoms with Gasteiger partial charge in [0.05, 0.1) is 13.2 Å². The normalized spacial score (nSPS) is 17.0. The number of carbonyl (C=O) groups is 1. The van der Waals surface area contributed by atoms with Gasteiger partial charge in [-0.15, -0.1) is 4.68 Å². The van der Waals surface area contributed by atoms with Gasteiger partial charge >= 0.3 is 12.6 Å². The van der Waals surface area contributed by atoms with Gasteiger partial charge in [-0.1, -0.05) is 0 Å². The first kappa shape index (κ1) is 17.2. The van der Waals surface area contributed by atoms with Crippen LogP contribution in [0.5, 0.6) is 11.5 Å². The molecule has 0 radical (unpaired) electrons. The van der Waals surface area contributed by atoms with Gasteiger partial charge in [-0.3, -0.25) is 0 Å². The number of hydrogen-bond acceptors (Lipinski definition) is 4. The van der Waals surface area contributed by atoms with Crippen LogP contribution in [0.25, 0.3) is 11.3 Å². The summed E-state index contributed by atoms with van der Waals surface area (Å²) in [4.78, 5) is 10.7. The Labute approximate surface area is 141 Å². The first-order valence-corrected chi connectivity index (χ1v) is 7.65. The molecule has 1 aromatic heterocycles. The Balaban J connectivity index is 1.86. The Morgan fingerprint density at radius 2 is 2.24 bits per heavy atom. The van der Waals surface area contributed by atoms with E-state index in [0.29, 0.717) is 30.9 Å². The number of benzene rings is 1. The van der Waals surface area contributed by atoms with Crippen molar-refractivity contribution in [1.82, 2.24) is 5.10 Å².